The summed E-state index contributed by atoms with van der Waals surface area (Å²) < 4.78 is 1.07. The third-order valence-electron chi connectivity index (χ3n) is 2.89. The molecule has 0 atom stereocenters. The number of likely N-dealkylation sites (N-methyl/N-ethyl adjacent to an activating group) is 1. The molecule has 0 spiro atoms. The fraction of sp³-hybridized carbons (Fsp3) is 0.500. The Morgan fingerprint density at radius 1 is 1.28 bits per heavy atom. The second kappa shape index (κ2) is 6.90. The van der Waals surface area contributed by atoms with Gasteiger partial charge in [0.2, 0.25) is 5.91 Å². The van der Waals surface area contributed by atoms with Crippen molar-refractivity contribution in [3.8, 4) is 0 Å². The molecule has 0 unspecified atom stereocenters. The number of hydrogen-bond acceptors (Lipinski definition) is 2. The molecule has 2 N–H and O–H groups in total. The van der Waals surface area contributed by atoms with Crippen LogP contribution in [0.15, 0.2) is 28.7 Å². The molecular weight excluding hydrogens is 292 g/mol. The van der Waals surface area contributed by atoms with Gasteiger partial charge in [-0.15, -0.1) is 0 Å². The van der Waals surface area contributed by atoms with Crippen LogP contribution in [0.2, 0.25) is 0 Å². The number of rotatable bonds is 6. The van der Waals surface area contributed by atoms with E-state index in [-0.39, 0.29) is 11.3 Å². The zero-order valence-corrected chi connectivity index (χ0v) is 12.8. The van der Waals surface area contributed by atoms with Crippen LogP contribution in [-0.2, 0) is 10.2 Å². The van der Waals surface area contributed by atoms with E-state index in [9.17, 15) is 4.79 Å². The first kappa shape index (κ1) is 15.2. The lowest BCUT2D eigenvalue weighted by molar-refractivity contribution is -0.120. The molecule has 1 rings (SSSR count). The zero-order chi connectivity index (χ0) is 13.6. The van der Waals surface area contributed by atoms with Crippen molar-refractivity contribution in [1.29, 1.82) is 0 Å². The van der Waals surface area contributed by atoms with Crippen molar-refractivity contribution in [3.63, 3.8) is 0 Å². The van der Waals surface area contributed by atoms with Crippen molar-refractivity contribution in [1.82, 2.24) is 10.6 Å². The van der Waals surface area contributed by atoms with Crippen LogP contribution in [0.5, 0.6) is 0 Å². The van der Waals surface area contributed by atoms with Crippen LogP contribution in [0.1, 0.15) is 26.3 Å². The monoisotopic (exact) mass is 312 g/mol. The Morgan fingerprint density at radius 2 is 1.89 bits per heavy atom. The highest BCUT2D eigenvalue weighted by molar-refractivity contribution is 9.10. The smallest absolute Gasteiger partial charge is 0.233 e. The van der Waals surface area contributed by atoms with Gasteiger partial charge in [-0.05, 0) is 24.2 Å². The van der Waals surface area contributed by atoms with Crippen molar-refractivity contribution < 1.29 is 4.79 Å². The molecule has 0 saturated heterocycles. The predicted molar refractivity (Wildman–Crippen MR) is 78.7 cm³/mol. The molecule has 1 aromatic carbocycles. The molecular formula is C14H21BrN2O. The Morgan fingerprint density at radius 3 is 2.44 bits per heavy atom. The largest absolute Gasteiger partial charge is 0.354 e. The molecule has 0 aromatic heterocycles. The van der Waals surface area contributed by atoms with E-state index in [1.807, 2.05) is 19.1 Å². The summed E-state index contributed by atoms with van der Waals surface area (Å²) in [5.74, 6) is 0.0436. The molecule has 1 aromatic rings. The summed E-state index contributed by atoms with van der Waals surface area (Å²) in [5.41, 5.74) is 1.15. The molecule has 100 valence electrons. The lowest BCUT2D eigenvalue weighted by atomic mass is 9.84. The van der Waals surface area contributed by atoms with Crippen LogP contribution in [0.25, 0.3) is 0 Å². The number of nitrogens with one attached hydrogen (secondary N) is 2. The topological polar surface area (TPSA) is 41.1 Å². The Balaban J connectivity index is 2.54. The summed E-state index contributed by atoms with van der Waals surface area (Å²) in [6.45, 7) is 8.07. The van der Waals surface area contributed by atoms with E-state index >= 15 is 0 Å². The van der Waals surface area contributed by atoms with E-state index in [1.165, 1.54) is 5.56 Å². The summed E-state index contributed by atoms with van der Waals surface area (Å²) in [6.07, 6.45) is 0. The van der Waals surface area contributed by atoms with Gasteiger partial charge >= 0.3 is 0 Å². The van der Waals surface area contributed by atoms with Crippen molar-refractivity contribution in [2.45, 2.75) is 26.2 Å². The SMILES string of the molecule is CCNCC(=O)NCC(C)(C)c1ccc(Br)cc1. The maximum Gasteiger partial charge on any atom is 0.233 e. The summed E-state index contributed by atoms with van der Waals surface area (Å²) in [7, 11) is 0. The van der Waals surface area contributed by atoms with Crippen molar-refractivity contribution in [2.24, 2.45) is 0 Å². The predicted octanol–water partition coefficient (Wildman–Crippen LogP) is 2.45. The Labute approximate surface area is 117 Å². The van der Waals surface area contributed by atoms with Crippen molar-refractivity contribution in [2.75, 3.05) is 19.6 Å². The minimum Gasteiger partial charge on any atom is -0.354 e. The second-order valence-corrected chi connectivity index (χ2v) is 5.86. The number of benzene rings is 1. The van der Waals surface area contributed by atoms with E-state index in [0.717, 1.165) is 11.0 Å². The third kappa shape index (κ3) is 4.78. The highest BCUT2D eigenvalue weighted by Gasteiger charge is 2.21. The van der Waals surface area contributed by atoms with Gasteiger partial charge in [-0.2, -0.15) is 0 Å². The van der Waals surface area contributed by atoms with Crippen LogP contribution in [0.3, 0.4) is 0 Å². The average Bonchev–Trinajstić information content (AvgIpc) is 2.34. The first-order valence-electron chi connectivity index (χ1n) is 6.19. The molecule has 0 aliphatic rings. The highest BCUT2D eigenvalue weighted by Crippen LogP contribution is 2.23. The number of amides is 1. The number of hydrogen-bond donors (Lipinski definition) is 2. The fourth-order valence-electron chi connectivity index (χ4n) is 1.62. The van der Waals surface area contributed by atoms with Gasteiger partial charge in [0.1, 0.15) is 0 Å². The fourth-order valence-corrected chi connectivity index (χ4v) is 1.89. The number of carbonyl (C=O) groups excluding carboxylic acids is 1. The van der Waals surface area contributed by atoms with Gasteiger partial charge in [0.15, 0.2) is 0 Å². The maximum absolute atomic E-state index is 11.6. The molecule has 3 nitrogen and oxygen atoms in total. The van der Waals surface area contributed by atoms with E-state index in [4.69, 9.17) is 0 Å². The van der Waals surface area contributed by atoms with E-state index in [0.29, 0.717) is 13.1 Å². The van der Waals surface area contributed by atoms with Gasteiger partial charge < -0.3 is 10.6 Å². The van der Waals surface area contributed by atoms with Crippen molar-refractivity contribution in [3.05, 3.63) is 34.3 Å². The summed E-state index contributed by atoms with van der Waals surface area (Å²) in [5, 5.41) is 5.97. The minimum absolute atomic E-state index is 0.0436. The van der Waals surface area contributed by atoms with Crippen LogP contribution >= 0.6 is 15.9 Å². The molecule has 0 aliphatic carbocycles. The summed E-state index contributed by atoms with van der Waals surface area (Å²) in [6, 6.07) is 8.22. The molecule has 0 fully saturated rings. The van der Waals surface area contributed by atoms with Gasteiger partial charge in [-0.25, -0.2) is 0 Å². The van der Waals surface area contributed by atoms with Crippen LogP contribution in [0, 0.1) is 0 Å². The number of carbonyl (C=O) groups is 1. The van der Waals surface area contributed by atoms with Gasteiger partial charge in [0, 0.05) is 16.4 Å². The lowest BCUT2D eigenvalue weighted by Crippen LogP contribution is -2.40. The van der Waals surface area contributed by atoms with Gasteiger partial charge in [-0.1, -0.05) is 48.8 Å². The molecule has 0 saturated carbocycles. The van der Waals surface area contributed by atoms with E-state index in [2.05, 4.69) is 52.5 Å². The molecule has 0 heterocycles. The summed E-state index contributed by atoms with van der Waals surface area (Å²) in [4.78, 5) is 11.6. The van der Waals surface area contributed by atoms with E-state index < -0.39 is 0 Å². The standard InChI is InChI=1S/C14H21BrN2O/c1-4-16-9-13(18)17-10-14(2,3)11-5-7-12(15)8-6-11/h5-8,16H,4,9-10H2,1-3H3,(H,17,18). The molecule has 0 aliphatic heterocycles. The van der Waals surface area contributed by atoms with Gasteiger partial charge in [0.25, 0.3) is 0 Å². The molecule has 0 bridgehead atoms. The van der Waals surface area contributed by atoms with E-state index in [1.54, 1.807) is 0 Å². The van der Waals surface area contributed by atoms with Crippen LogP contribution in [-0.4, -0.2) is 25.5 Å². The molecule has 4 heteroatoms. The maximum atomic E-state index is 11.6. The van der Waals surface area contributed by atoms with Crippen molar-refractivity contribution >= 4 is 21.8 Å². The Hall–Kier alpha value is -0.870. The van der Waals surface area contributed by atoms with Gasteiger partial charge in [-0.3, -0.25) is 4.79 Å². The normalized spacial score (nSPS) is 11.3. The molecule has 0 radical (unpaired) electrons. The highest BCUT2D eigenvalue weighted by atomic mass is 79.9. The first-order chi connectivity index (χ1) is 8.45. The van der Waals surface area contributed by atoms with Gasteiger partial charge in [0.05, 0.1) is 6.54 Å². The molecule has 1 amide bonds. The number of halogens is 1. The third-order valence-corrected chi connectivity index (χ3v) is 3.42. The quantitative estimate of drug-likeness (QED) is 0.847. The minimum atomic E-state index is -0.0669. The Kier molecular flexibility index (Phi) is 5.82. The summed E-state index contributed by atoms with van der Waals surface area (Å²) >= 11 is 3.42. The second-order valence-electron chi connectivity index (χ2n) is 4.95. The lowest BCUT2D eigenvalue weighted by Gasteiger charge is -2.25. The first-order valence-corrected chi connectivity index (χ1v) is 6.98. The molecule has 18 heavy (non-hydrogen) atoms. The average molecular weight is 313 g/mol. The van der Waals surface area contributed by atoms with Crippen LogP contribution < -0.4 is 10.6 Å². The van der Waals surface area contributed by atoms with Crippen LogP contribution in [0.4, 0.5) is 0 Å². The Bertz CT molecular complexity index is 387. The zero-order valence-electron chi connectivity index (χ0n) is 11.2.